The Kier molecular flexibility index (Phi) is 4.83. The SMILES string of the molecule is C[N+]1(CCCc2nn3c4c(ccc3c2N)CCC4)CCOCC1.[CH3-]. The van der Waals surface area contributed by atoms with E-state index in [0.29, 0.717) is 0 Å². The highest BCUT2D eigenvalue weighted by atomic mass is 16.5. The Morgan fingerprint density at radius 2 is 2.04 bits per heavy atom. The zero-order chi connectivity index (χ0) is 15.9. The van der Waals surface area contributed by atoms with E-state index in [1.54, 1.807) is 0 Å². The van der Waals surface area contributed by atoms with Crippen molar-refractivity contribution in [1.29, 1.82) is 0 Å². The molecule has 2 aromatic heterocycles. The molecule has 4 rings (SSSR count). The lowest BCUT2D eigenvalue weighted by Crippen LogP contribution is -2.52. The van der Waals surface area contributed by atoms with Gasteiger partial charge in [-0.05, 0) is 37.3 Å². The number of nitrogen functional groups attached to an aromatic ring is 1. The number of nitrogens with two attached hydrogens (primary N) is 1. The van der Waals surface area contributed by atoms with Crippen LogP contribution in [-0.2, 0) is 24.0 Å². The van der Waals surface area contributed by atoms with Crippen LogP contribution in [0.5, 0.6) is 0 Å². The Morgan fingerprint density at radius 1 is 1.25 bits per heavy atom. The molecule has 3 heterocycles. The summed E-state index contributed by atoms with van der Waals surface area (Å²) in [6.07, 6.45) is 5.64. The van der Waals surface area contributed by atoms with Gasteiger partial charge < -0.3 is 22.4 Å². The summed E-state index contributed by atoms with van der Waals surface area (Å²) in [4.78, 5) is 0. The number of hydrogen-bond acceptors (Lipinski definition) is 3. The number of hydrogen-bond donors (Lipinski definition) is 1. The van der Waals surface area contributed by atoms with Gasteiger partial charge in [-0.15, -0.1) is 0 Å². The average Bonchev–Trinajstić information content (AvgIpc) is 3.13. The summed E-state index contributed by atoms with van der Waals surface area (Å²) in [6, 6.07) is 4.38. The van der Waals surface area contributed by atoms with Crippen molar-refractivity contribution in [3.63, 3.8) is 0 Å². The molecule has 0 amide bonds. The van der Waals surface area contributed by atoms with Crippen LogP contribution in [0.25, 0.3) is 5.52 Å². The molecule has 0 radical (unpaired) electrons. The minimum atomic E-state index is 0. The summed E-state index contributed by atoms with van der Waals surface area (Å²) in [5.41, 5.74) is 12.2. The molecule has 1 aliphatic heterocycles. The first-order valence-corrected chi connectivity index (χ1v) is 8.85. The molecule has 2 aliphatic rings. The highest BCUT2D eigenvalue weighted by molar-refractivity contribution is 5.73. The van der Waals surface area contributed by atoms with Crippen LogP contribution in [0, 0.1) is 7.43 Å². The van der Waals surface area contributed by atoms with E-state index in [2.05, 4.69) is 23.7 Å². The first-order valence-electron chi connectivity index (χ1n) is 8.85. The molecule has 5 nitrogen and oxygen atoms in total. The van der Waals surface area contributed by atoms with Gasteiger partial charge in [-0.25, -0.2) is 4.52 Å². The molecule has 0 aromatic carbocycles. The third-order valence-electron chi connectivity index (χ3n) is 5.63. The number of pyridine rings is 1. The minimum absolute atomic E-state index is 0. The van der Waals surface area contributed by atoms with Gasteiger partial charge in [-0.1, -0.05) is 6.07 Å². The summed E-state index contributed by atoms with van der Waals surface area (Å²) in [5.74, 6) is 0. The molecule has 0 spiro atoms. The quantitative estimate of drug-likeness (QED) is 0.691. The zero-order valence-corrected chi connectivity index (χ0v) is 15.1. The molecule has 1 fully saturated rings. The fourth-order valence-corrected chi connectivity index (χ4v) is 4.03. The summed E-state index contributed by atoms with van der Waals surface area (Å²) >= 11 is 0. The average molecular weight is 330 g/mol. The van der Waals surface area contributed by atoms with Crippen LogP contribution in [0.4, 0.5) is 5.69 Å². The number of ether oxygens (including phenoxy) is 1. The lowest BCUT2D eigenvalue weighted by Gasteiger charge is -2.37. The second kappa shape index (κ2) is 6.73. The Morgan fingerprint density at radius 3 is 2.83 bits per heavy atom. The van der Waals surface area contributed by atoms with Crippen LogP contribution in [0.1, 0.15) is 29.8 Å². The maximum Gasteiger partial charge on any atom is 0.102 e. The van der Waals surface area contributed by atoms with Gasteiger partial charge in [-0.2, -0.15) is 5.10 Å². The van der Waals surface area contributed by atoms with Crippen molar-refractivity contribution in [3.05, 3.63) is 36.5 Å². The Bertz CT molecular complexity index is 716. The largest absolute Gasteiger partial charge is 0.395 e. The summed E-state index contributed by atoms with van der Waals surface area (Å²) in [6.45, 7) is 5.19. The van der Waals surface area contributed by atoms with E-state index in [-0.39, 0.29) is 7.43 Å². The molecule has 24 heavy (non-hydrogen) atoms. The van der Waals surface area contributed by atoms with Gasteiger partial charge in [0.05, 0.1) is 43.7 Å². The summed E-state index contributed by atoms with van der Waals surface area (Å²) in [5, 5.41) is 4.85. The lowest BCUT2D eigenvalue weighted by atomic mass is 10.1. The molecule has 0 saturated carbocycles. The number of likely N-dealkylation sites (N-methyl/N-ethyl adjacent to an activating group) is 1. The highest BCUT2D eigenvalue weighted by Crippen LogP contribution is 2.28. The fourth-order valence-electron chi connectivity index (χ4n) is 4.03. The second-order valence-corrected chi connectivity index (χ2v) is 7.32. The maximum absolute atomic E-state index is 6.38. The normalized spacial score (nSPS) is 19.2. The van der Waals surface area contributed by atoms with Gasteiger partial charge in [0.25, 0.3) is 0 Å². The highest BCUT2D eigenvalue weighted by Gasteiger charge is 2.25. The molecule has 2 N–H and O–H groups in total. The molecule has 2 aromatic rings. The van der Waals surface area contributed by atoms with Crippen LogP contribution < -0.4 is 5.73 Å². The van der Waals surface area contributed by atoms with Crippen molar-refractivity contribution < 1.29 is 9.22 Å². The van der Waals surface area contributed by atoms with E-state index >= 15 is 0 Å². The number of anilines is 1. The van der Waals surface area contributed by atoms with Crippen molar-refractivity contribution in [2.45, 2.75) is 32.1 Å². The minimum Gasteiger partial charge on any atom is -0.395 e. The molecule has 0 atom stereocenters. The molecule has 1 aliphatic carbocycles. The number of fused-ring (bicyclic) bond motifs is 3. The molecule has 1 saturated heterocycles. The zero-order valence-electron chi connectivity index (χ0n) is 15.1. The Balaban J connectivity index is 0.00000169. The van der Waals surface area contributed by atoms with E-state index < -0.39 is 0 Å². The number of quaternary nitrogens is 1. The van der Waals surface area contributed by atoms with Crippen molar-refractivity contribution in [2.75, 3.05) is 45.6 Å². The molecule has 5 heteroatoms. The predicted octanol–water partition coefficient (Wildman–Crippen LogP) is 2.26. The topological polar surface area (TPSA) is 52.5 Å². The van der Waals surface area contributed by atoms with Crippen LogP contribution >= 0.6 is 0 Å². The van der Waals surface area contributed by atoms with Crippen LogP contribution in [-0.4, -0.2) is 54.0 Å². The van der Waals surface area contributed by atoms with Gasteiger partial charge in [0, 0.05) is 12.1 Å². The van der Waals surface area contributed by atoms with Crippen molar-refractivity contribution in [2.24, 2.45) is 0 Å². The van der Waals surface area contributed by atoms with Crippen molar-refractivity contribution >= 4 is 11.2 Å². The second-order valence-electron chi connectivity index (χ2n) is 7.32. The van der Waals surface area contributed by atoms with Crippen molar-refractivity contribution in [1.82, 2.24) is 9.61 Å². The third kappa shape index (κ3) is 3.03. The van der Waals surface area contributed by atoms with E-state index in [9.17, 15) is 0 Å². The monoisotopic (exact) mass is 330 g/mol. The van der Waals surface area contributed by atoms with Crippen molar-refractivity contribution in [3.8, 4) is 0 Å². The predicted molar refractivity (Wildman–Crippen MR) is 98.0 cm³/mol. The van der Waals surface area contributed by atoms with Gasteiger partial charge in [0.2, 0.25) is 0 Å². The first-order chi connectivity index (χ1) is 11.2. The van der Waals surface area contributed by atoms with Crippen LogP contribution in [0.2, 0.25) is 0 Å². The molecule has 0 unspecified atom stereocenters. The van der Waals surface area contributed by atoms with E-state index in [1.807, 2.05) is 0 Å². The van der Waals surface area contributed by atoms with Gasteiger partial charge in [0.15, 0.2) is 0 Å². The van der Waals surface area contributed by atoms with Gasteiger partial charge in [-0.3, -0.25) is 0 Å². The Hall–Kier alpha value is -1.59. The molecular formula is C19H30N4O. The Labute approximate surface area is 145 Å². The standard InChI is InChI=1S/C18H27N4O.CH3/c1-22(10-12-23-13-11-22)9-3-5-15-18(19)17-8-7-14-4-2-6-16(14)21(17)20-15;/h7-8H,2-6,9-13,19H2,1H3;1H3/q+1;-1. The van der Waals surface area contributed by atoms with Crippen LogP contribution in [0.3, 0.4) is 0 Å². The molecule has 0 bridgehead atoms. The lowest BCUT2D eigenvalue weighted by molar-refractivity contribution is -0.917. The molecule has 132 valence electrons. The number of aryl methyl sites for hydroxylation is 3. The maximum atomic E-state index is 6.38. The van der Waals surface area contributed by atoms with Gasteiger partial charge in [0.1, 0.15) is 13.1 Å². The van der Waals surface area contributed by atoms with E-state index in [1.165, 1.54) is 30.6 Å². The number of nitrogens with zero attached hydrogens (tertiary/aromatic N) is 3. The van der Waals surface area contributed by atoms with E-state index in [4.69, 9.17) is 15.6 Å². The number of rotatable bonds is 4. The molecular weight excluding hydrogens is 300 g/mol. The van der Waals surface area contributed by atoms with Gasteiger partial charge >= 0.3 is 0 Å². The number of morpholine rings is 1. The summed E-state index contributed by atoms with van der Waals surface area (Å²) in [7, 11) is 2.34. The number of aromatic nitrogens is 2. The third-order valence-corrected chi connectivity index (χ3v) is 5.63. The fraction of sp³-hybridized carbons (Fsp3) is 0.579. The van der Waals surface area contributed by atoms with Crippen LogP contribution in [0.15, 0.2) is 12.1 Å². The smallest absolute Gasteiger partial charge is 0.102 e. The van der Waals surface area contributed by atoms with E-state index in [0.717, 1.165) is 66.9 Å². The summed E-state index contributed by atoms with van der Waals surface area (Å²) < 4.78 is 8.70. The first kappa shape index (κ1) is 17.2.